The maximum Gasteiger partial charge on any atom is 0.410 e. The summed E-state index contributed by atoms with van der Waals surface area (Å²) in [6.45, 7) is 3.62. The molecule has 6 heteroatoms. The van der Waals surface area contributed by atoms with E-state index in [1.807, 2.05) is 19.9 Å². The van der Waals surface area contributed by atoms with Crippen LogP contribution in [0.25, 0.3) is 0 Å². The van der Waals surface area contributed by atoms with Crippen molar-refractivity contribution in [3.8, 4) is 6.07 Å². The zero-order chi connectivity index (χ0) is 12.6. The number of hydrogen-bond donors (Lipinski definition) is 1. The van der Waals surface area contributed by atoms with Crippen LogP contribution in [0.3, 0.4) is 0 Å². The van der Waals surface area contributed by atoms with Crippen LogP contribution in [-0.2, 0) is 9.53 Å². The number of carbonyl (C=O) groups excluding carboxylic acids is 1. The minimum absolute atomic E-state index is 0.0692. The van der Waals surface area contributed by atoms with Crippen molar-refractivity contribution >= 4 is 12.1 Å². The van der Waals surface area contributed by atoms with Gasteiger partial charge in [0.25, 0.3) is 0 Å². The maximum absolute atomic E-state index is 11.4. The molecule has 6 nitrogen and oxygen atoms in total. The molecule has 0 aromatic rings. The van der Waals surface area contributed by atoms with Crippen molar-refractivity contribution in [3.05, 3.63) is 0 Å². The van der Waals surface area contributed by atoms with Gasteiger partial charge in [-0.15, -0.1) is 0 Å². The molecule has 0 aromatic heterocycles. The lowest BCUT2D eigenvalue weighted by atomic mass is 10.2. The van der Waals surface area contributed by atoms with Crippen molar-refractivity contribution in [2.24, 2.45) is 5.92 Å². The lowest BCUT2D eigenvalue weighted by Crippen LogP contribution is -2.37. The van der Waals surface area contributed by atoms with Crippen molar-refractivity contribution in [2.75, 3.05) is 19.7 Å². The lowest BCUT2D eigenvalue weighted by molar-refractivity contribution is -0.138. The van der Waals surface area contributed by atoms with E-state index in [2.05, 4.69) is 0 Å². The zero-order valence-electron chi connectivity index (χ0n) is 9.47. The molecule has 0 spiro atoms. The Kier molecular flexibility index (Phi) is 6.68. The molecule has 1 amide bonds. The predicted octanol–water partition coefficient (Wildman–Crippen LogP) is 1.08. The van der Waals surface area contributed by atoms with E-state index in [0.29, 0.717) is 0 Å². The first-order chi connectivity index (χ1) is 7.47. The number of amides is 1. The summed E-state index contributed by atoms with van der Waals surface area (Å²) in [6.07, 6.45) is -0.601. The third-order valence-electron chi connectivity index (χ3n) is 1.62. The van der Waals surface area contributed by atoms with E-state index in [4.69, 9.17) is 15.1 Å². The topological polar surface area (TPSA) is 90.6 Å². The number of hydrogen-bond acceptors (Lipinski definition) is 4. The fourth-order valence-electron chi connectivity index (χ4n) is 0.912. The second kappa shape index (κ2) is 7.51. The number of aliphatic carboxylic acids is 1. The van der Waals surface area contributed by atoms with Crippen molar-refractivity contribution in [3.63, 3.8) is 0 Å². The lowest BCUT2D eigenvalue weighted by Gasteiger charge is -2.19. The molecule has 0 heterocycles. The van der Waals surface area contributed by atoms with Crippen LogP contribution in [0.15, 0.2) is 0 Å². The van der Waals surface area contributed by atoms with Gasteiger partial charge in [0, 0.05) is 6.54 Å². The second-order valence-corrected chi connectivity index (χ2v) is 3.69. The van der Waals surface area contributed by atoms with Gasteiger partial charge in [0.05, 0.1) is 19.1 Å². The molecule has 0 fully saturated rings. The molecule has 90 valence electrons. The van der Waals surface area contributed by atoms with E-state index in [1.165, 1.54) is 0 Å². The average Bonchev–Trinajstić information content (AvgIpc) is 2.20. The number of carboxylic acids is 1. The van der Waals surface area contributed by atoms with Gasteiger partial charge < -0.3 is 9.84 Å². The Morgan fingerprint density at radius 3 is 2.56 bits per heavy atom. The van der Waals surface area contributed by atoms with Crippen LogP contribution in [0.2, 0.25) is 0 Å². The summed E-state index contributed by atoms with van der Waals surface area (Å²) >= 11 is 0. The van der Waals surface area contributed by atoms with Gasteiger partial charge in [0.15, 0.2) is 0 Å². The summed E-state index contributed by atoms with van der Waals surface area (Å²) in [5, 5.41) is 17.0. The fraction of sp³-hybridized carbons (Fsp3) is 0.700. The molecule has 0 saturated carbocycles. The van der Waals surface area contributed by atoms with Gasteiger partial charge in [-0.25, -0.2) is 4.79 Å². The molecule has 0 saturated heterocycles. The fourth-order valence-corrected chi connectivity index (χ4v) is 0.912. The van der Waals surface area contributed by atoms with E-state index < -0.39 is 18.6 Å². The predicted molar refractivity (Wildman–Crippen MR) is 55.6 cm³/mol. The zero-order valence-corrected chi connectivity index (χ0v) is 9.47. The molecule has 0 aliphatic carbocycles. The molecule has 0 rings (SSSR count). The highest BCUT2D eigenvalue weighted by Crippen LogP contribution is 2.00. The van der Waals surface area contributed by atoms with Gasteiger partial charge in [-0.1, -0.05) is 13.8 Å². The van der Waals surface area contributed by atoms with Crippen LogP contribution in [0.1, 0.15) is 20.3 Å². The normalized spacial score (nSPS) is 9.62. The van der Waals surface area contributed by atoms with Gasteiger partial charge in [-0.2, -0.15) is 5.26 Å². The molecule has 16 heavy (non-hydrogen) atoms. The first kappa shape index (κ1) is 14.2. The molecule has 0 aliphatic heterocycles. The minimum Gasteiger partial charge on any atom is -0.480 e. The third kappa shape index (κ3) is 6.65. The van der Waals surface area contributed by atoms with Crippen LogP contribution in [0.5, 0.6) is 0 Å². The van der Waals surface area contributed by atoms with Gasteiger partial charge in [0.1, 0.15) is 6.54 Å². The van der Waals surface area contributed by atoms with Crippen molar-refractivity contribution in [1.29, 1.82) is 5.26 Å². The number of ether oxygens (including phenoxy) is 1. The third-order valence-corrected chi connectivity index (χ3v) is 1.62. The van der Waals surface area contributed by atoms with Gasteiger partial charge in [0.2, 0.25) is 0 Å². The smallest absolute Gasteiger partial charge is 0.410 e. The first-order valence-corrected chi connectivity index (χ1v) is 4.97. The first-order valence-electron chi connectivity index (χ1n) is 4.97. The van der Waals surface area contributed by atoms with Gasteiger partial charge in [-0.05, 0) is 5.92 Å². The Morgan fingerprint density at radius 1 is 1.50 bits per heavy atom. The van der Waals surface area contributed by atoms with Crippen molar-refractivity contribution in [2.45, 2.75) is 20.3 Å². The summed E-state index contributed by atoms with van der Waals surface area (Å²) < 4.78 is 4.88. The van der Waals surface area contributed by atoms with Gasteiger partial charge >= 0.3 is 12.1 Å². The average molecular weight is 228 g/mol. The highest BCUT2D eigenvalue weighted by atomic mass is 16.6. The highest BCUT2D eigenvalue weighted by Gasteiger charge is 2.17. The minimum atomic E-state index is -1.13. The maximum atomic E-state index is 11.4. The summed E-state index contributed by atoms with van der Waals surface area (Å²) in [6, 6.07) is 1.85. The Bertz CT molecular complexity index is 283. The van der Waals surface area contributed by atoms with Crippen LogP contribution in [0.4, 0.5) is 4.79 Å². The molecule has 0 bridgehead atoms. The Labute approximate surface area is 94.4 Å². The largest absolute Gasteiger partial charge is 0.480 e. The highest BCUT2D eigenvalue weighted by molar-refractivity contribution is 5.76. The Hall–Kier alpha value is -1.77. The molecule has 0 radical (unpaired) electrons. The van der Waals surface area contributed by atoms with E-state index >= 15 is 0 Å². The molecular formula is C10H16N2O4. The van der Waals surface area contributed by atoms with Crippen molar-refractivity contribution < 1.29 is 19.4 Å². The molecule has 0 aliphatic rings. The Balaban J connectivity index is 4.21. The summed E-state index contributed by atoms with van der Waals surface area (Å²) in [5.74, 6) is -0.939. The van der Waals surface area contributed by atoms with Crippen molar-refractivity contribution in [1.82, 2.24) is 4.90 Å². The monoisotopic (exact) mass is 228 g/mol. The summed E-state index contributed by atoms with van der Waals surface area (Å²) in [7, 11) is 0. The molecule has 0 unspecified atom stereocenters. The van der Waals surface area contributed by atoms with E-state index in [0.717, 1.165) is 4.90 Å². The molecular weight excluding hydrogens is 212 g/mol. The van der Waals surface area contributed by atoms with Crippen LogP contribution in [0, 0.1) is 17.2 Å². The molecule has 0 atom stereocenters. The van der Waals surface area contributed by atoms with Crippen LogP contribution >= 0.6 is 0 Å². The Morgan fingerprint density at radius 2 is 2.12 bits per heavy atom. The number of nitriles is 1. The SMILES string of the molecule is CC(C)COC(=O)N(CCC#N)CC(=O)O. The van der Waals surface area contributed by atoms with E-state index in [1.54, 1.807) is 0 Å². The van der Waals surface area contributed by atoms with Gasteiger partial charge in [-0.3, -0.25) is 9.69 Å². The summed E-state index contributed by atoms with van der Waals surface area (Å²) in [5.41, 5.74) is 0. The number of nitrogens with zero attached hydrogens (tertiary/aromatic N) is 2. The second-order valence-electron chi connectivity index (χ2n) is 3.69. The molecule has 0 aromatic carbocycles. The number of carbonyl (C=O) groups is 2. The number of carboxylic acid groups (broad SMARTS) is 1. The van der Waals surface area contributed by atoms with Crippen LogP contribution in [-0.4, -0.2) is 41.8 Å². The number of rotatable bonds is 6. The van der Waals surface area contributed by atoms with E-state index in [-0.39, 0.29) is 25.5 Å². The van der Waals surface area contributed by atoms with Crippen LogP contribution < -0.4 is 0 Å². The summed E-state index contributed by atoms with van der Waals surface area (Å²) in [4.78, 5) is 22.9. The van der Waals surface area contributed by atoms with E-state index in [9.17, 15) is 9.59 Å². The quantitative estimate of drug-likeness (QED) is 0.734. The standard InChI is InChI=1S/C10H16N2O4/c1-8(2)7-16-10(15)12(5-3-4-11)6-9(13)14/h8H,3,5-7H2,1-2H3,(H,13,14). The molecule has 1 N–H and O–H groups in total.